The molecule has 0 amide bonds. The van der Waals surface area contributed by atoms with Crippen LogP contribution >= 0.6 is 7.82 Å². The van der Waals surface area contributed by atoms with Crippen LogP contribution in [0.15, 0.2) is 60.8 Å². The van der Waals surface area contributed by atoms with Crippen LogP contribution in [0.4, 0.5) is 0 Å². The molecular weight excluding hydrogens is 842 g/mol. The van der Waals surface area contributed by atoms with Gasteiger partial charge in [-0.2, -0.15) is 0 Å². The molecule has 0 aliphatic rings. The van der Waals surface area contributed by atoms with Crippen LogP contribution in [0, 0.1) is 0 Å². The Kier molecular flexibility index (Phi) is 52.7. The number of ether oxygens (including phenoxy) is 2. The van der Waals surface area contributed by atoms with Crippen molar-refractivity contribution in [1.82, 2.24) is 0 Å². The highest BCUT2D eigenvalue weighted by molar-refractivity contribution is 7.47. The molecule has 386 valence electrons. The SMILES string of the molecule is CC/C=C\C/C=C\C/C=C\C/C=C\C/C=C\CCCCCCCCCC(=O)OC(COCCCCCCCCCCCCCCCCCCCCCCCCCC)COP(=O)(O)OCCN. The van der Waals surface area contributed by atoms with Crippen LogP contribution in [0.1, 0.15) is 258 Å². The van der Waals surface area contributed by atoms with Gasteiger partial charge in [0.15, 0.2) is 0 Å². The molecule has 0 bridgehead atoms. The van der Waals surface area contributed by atoms with Gasteiger partial charge in [-0.3, -0.25) is 13.8 Å². The van der Waals surface area contributed by atoms with Gasteiger partial charge < -0.3 is 20.1 Å². The molecule has 0 radical (unpaired) electrons. The van der Waals surface area contributed by atoms with Crippen molar-refractivity contribution >= 4 is 13.8 Å². The van der Waals surface area contributed by atoms with Gasteiger partial charge in [0.1, 0.15) is 6.10 Å². The smallest absolute Gasteiger partial charge is 0.457 e. The first-order valence-electron chi connectivity index (χ1n) is 27.8. The number of phosphoric acid groups is 1. The summed E-state index contributed by atoms with van der Waals surface area (Å²) in [7, 11) is -4.29. The number of hydrogen-bond donors (Lipinski definition) is 2. The van der Waals surface area contributed by atoms with E-state index in [1.807, 2.05) is 0 Å². The maximum Gasteiger partial charge on any atom is 0.472 e. The molecule has 2 atom stereocenters. The third-order valence-corrected chi connectivity index (χ3v) is 12.9. The zero-order valence-corrected chi connectivity index (χ0v) is 44.1. The number of allylic oxidation sites excluding steroid dienone is 10. The number of phosphoric ester groups is 1. The lowest BCUT2D eigenvalue weighted by molar-refractivity contribution is -0.154. The first-order valence-corrected chi connectivity index (χ1v) is 29.3. The quantitative estimate of drug-likeness (QED) is 0.0268. The summed E-state index contributed by atoms with van der Waals surface area (Å²) in [6, 6.07) is 0. The van der Waals surface area contributed by atoms with Crippen molar-refractivity contribution in [3.8, 4) is 0 Å². The molecule has 0 saturated carbocycles. The minimum absolute atomic E-state index is 0.0973. The molecule has 0 heterocycles. The number of esters is 1. The van der Waals surface area contributed by atoms with Crippen LogP contribution in [-0.4, -0.2) is 49.9 Å². The van der Waals surface area contributed by atoms with E-state index in [1.165, 1.54) is 167 Å². The molecule has 66 heavy (non-hydrogen) atoms. The van der Waals surface area contributed by atoms with Gasteiger partial charge in [0.25, 0.3) is 0 Å². The lowest BCUT2D eigenvalue weighted by Crippen LogP contribution is -2.28. The summed E-state index contributed by atoms with van der Waals surface area (Å²) in [5.41, 5.74) is 5.40. The Labute approximate surface area is 408 Å². The molecule has 0 fully saturated rings. The van der Waals surface area contributed by atoms with Crippen molar-refractivity contribution in [3.63, 3.8) is 0 Å². The minimum atomic E-state index is -4.29. The summed E-state index contributed by atoms with van der Waals surface area (Å²) in [6.45, 7) is 4.84. The summed E-state index contributed by atoms with van der Waals surface area (Å²) in [4.78, 5) is 22.6. The average molecular weight is 948 g/mol. The van der Waals surface area contributed by atoms with Gasteiger partial charge in [-0.25, -0.2) is 4.57 Å². The highest BCUT2D eigenvalue weighted by atomic mass is 31.2. The van der Waals surface area contributed by atoms with Crippen LogP contribution in [-0.2, 0) is 27.9 Å². The fraction of sp³-hybridized carbons (Fsp3) is 0.807. The van der Waals surface area contributed by atoms with Crippen LogP contribution in [0.25, 0.3) is 0 Å². The molecule has 8 nitrogen and oxygen atoms in total. The van der Waals surface area contributed by atoms with Gasteiger partial charge in [-0.1, -0.05) is 254 Å². The van der Waals surface area contributed by atoms with Crippen LogP contribution in [0.5, 0.6) is 0 Å². The zero-order valence-electron chi connectivity index (χ0n) is 43.2. The number of hydrogen-bond acceptors (Lipinski definition) is 7. The van der Waals surface area contributed by atoms with E-state index >= 15 is 0 Å². The molecule has 9 heteroatoms. The van der Waals surface area contributed by atoms with Crippen LogP contribution < -0.4 is 5.73 Å². The second-order valence-corrected chi connectivity index (χ2v) is 19.9. The van der Waals surface area contributed by atoms with Gasteiger partial charge in [0.05, 0.1) is 19.8 Å². The number of rotatable bonds is 53. The Balaban J connectivity index is 3.91. The molecular formula is C57H106NO7P. The molecule has 0 spiro atoms. The van der Waals surface area contributed by atoms with Crippen LogP contribution in [0.3, 0.4) is 0 Å². The number of nitrogens with two attached hydrogens (primary N) is 1. The Morgan fingerprint density at radius 3 is 1.27 bits per heavy atom. The molecule has 0 aromatic heterocycles. The number of carbonyl (C=O) groups is 1. The molecule has 3 N–H and O–H groups in total. The largest absolute Gasteiger partial charge is 0.472 e. The Bertz CT molecular complexity index is 1200. The third-order valence-electron chi connectivity index (χ3n) is 11.9. The molecule has 0 aromatic carbocycles. The van der Waals surface area contributed by atoms with Gasteiger partial charge >= 0.3 is 13.8 Å². The molecule has 0 aromatic rings. The molecule has 0 rings (SSSR count). The van der Waals surface area contributed by atoms with E-state index in [4.69, 9.17) is 24.3 Å². The zero-order chi connectivity index (χ0) is 48.0. The fourth-order valence-corrected chi connectivity index (χ4v) is 8.67. The molecule has 0 saturated heterocycles. The van der Waals surface area contributed by atoms with Crippen molar-refractivity contribution in [2.24, 2.45) is 5.73 Å². The summed E-state index contributed by atoms with van der Waals surface area (Å²) in [6.07, 6.45) is 68.4. The molecule has 2 unspecified atom stereocenters. The maximum atomic E-state index is 12.7. The van der Waals surface area contributed by atoms with Gasteiger partial charge in [-0.05, 0) is 57.8 Å². The maximum absolute atomic E-state index is 12.7. The van der Waals surface area contributed by atoms with Crippen molar-refractivity contribution < 1.29 is 32.8 Å². The predicted octanol–water partition coefficient (Wildman–Crippen LogP) is 17.7. The normalized spacial score (nSPS) is 13.7. The van der Waals surface area contributed by atoms with E-state index in [1.54, 1.807) is 0 Å². The highest BCUT2D eigenvalue weighted by Gasteiger charge is 2.25. The Hall–Kier alpha value is -1.80. The summed E-state index contributed by atoms with van der Waals surface area (Å²) >= 11 is 0. The number of unbranched alkanes of at least 4 members (excludes halogenated alkanes) is 30. The summed E-state index contributed by atoms with van der Waals surface area (Å²) in [5, 5.41) is 0. The molecule has 0 aliphatic carbocycles. The minimum Gasteiger partial charge on any atom is -0.457 e. The highest BCUT2D eigenvalue weighted by Crippen LogP contribution is 2.43. The van der Waals surface area contributed by atoms with Gasteiger partial charge in [-0.15, -0.1) is 0 Å². The monoisotopic (exact) mass is 948 g/mol. The summed E-state index contributed by atoms with van der Waals surface area (Å²) < 4.78 is 33.7. The van der Waals surface area contributed by atoms with Gasteiger partial charge in [0.2, 0.25) is 0 Å². The van der Waals surface area contributed by atoms with E-state index in [9.17, 15) is 14.3 Å². The Morgan fingerprint density at radius 2 is 0.848 bits per heavy atom. The van der Waals surface area contributed by atoms with Crippen molar-refractivity contribution in [3.05, 3.63) is 60.8 Å². The third kappa shape index (κ3) is 53.2. The predicted molar refractivity (Wildman–Crippen MR) is 284 cm³/mol. The van der Waals surface area contributed by atoms with Crippen molar-refractivity contribution in [2.75, 3.05) is 33.0 Å². The lowest BCUT2D eigenvalue weighted by atomic mass is 10.0. The first kappa shape index (κ1) is 64.2. The van der Waals surface area contributed by atoms with E-state index < -0.39 is 13.9 Å². The van der Waals surface area contributed by atoms with E-state index in [2.05, 4.69) is 74.6 Å². The molecule has 0 aliphatic heterocycles. The standard InChI is InChI=1S/C57H106NO7P/c1-3-5-7-9-11-13-15-17-19-21-23-25-27-29-31-33-35-37-39-41-43-45-47-49-52-62-54-56(55-64-66(60,61)63-53-51-58)65-57(59)50-48-46-44-42-40-38-36-34-32-30-28-26-24-22-20-18-16-14-12-10-8-6-4-2/h6,8,12,14,18,20,24,26,30,32,56H,3-5,7,9-11,13,15-17,19,21-23,25,27-29,31,33-55,58H2,1-2H3,(H,60,61)/b8-6-,14-12-,20-18-,26-24-,32-30-. The topological polar surface area (TPSA) is 117 Å². The van der Waals surface area contributed by atoms with E-state index in [-0.39, 0.29) is 32.3 Å². The van der Waals surface area contributed by atoms with Gasteiger partial charge in [0, 0.05) is 19.6 Å². The first-order chi connectivity index (χ1) is 32.4. The second-order valence-electron chi connectivity index (χ2n) is 18.4. The number of carbonyl (C=O) groups excluding carboxylic acids is 1. The van der Waals surface area contributed by atoms with E-state index in [0.717, 1.165) is 70.6 Å². The van der Waals surface area contributed by atoms with Crippen LogP contribution in [0.2, 0.25) is 0 Å². The van der Waals surface area contributed by atoms with Crippen molar-refractivity contribution in [1.29, 1.82) is 0 Å². The average Bonchev–Trinajstić information content (AvgIpc) is 3.31. The second kappa shape index (κ2) is 54.1. The fourth-order valence-electron chi connectivity index (χ4n) is 7.91. The van der Waals surface area contributed by atoms with E-state index in [0.29, 0.717) is 13.0 Å². The lowest BCUT2D eigenvalue weighted by Gasteiger charge is -2.20. The van der Waals surface area contributed by atoms with Crippen molar-refractivity contribution in [2.45, 2.75) is 264 Å². The summed E-state index contributed by atoms with van der Waals surface area (Å²) in [5.74, 6) is -0.338. The Morgan fingerprint density at radius 1 is 0.470 bits per heavy atom.